The third-order valence-electron chi connectivity index (χ3n) is 4.24. The van der Waals surface area contributed by atoms with Crippen molar-refractivity contribution >= 4 is 0 Å². The fraction of sp³-hybridized carbons (Fsp3) is 0.857. The quantitative estimate of drug-likeness (QED) is 0.727. The lowest BCUT2D eigenvalue weighted by Crippen LogP contribution is -2.72. The summed E-state index contributed by atoms with van der Waals surface area (Å²) in [4.78, 5) is 0. The summed E-state index contributed by atoms with van der Waals surface area (Å²) in [6.45, 7) is 3.34. The largest absolute Gasteiger partial charge is 0.385 e. The molecular formula is C14H22O7. The maximum absolute atomic E-state index is 10.3. The molecule has 120 valence electrons. The van der Waals surface area contributed by atoms with Gasteiger partial charge in [0.1, 0.15) is 24.4 Å². The van der Waals surface area contributed by atoms with Crippen LogP contribution in [0.3, 0.4) is 0 Å². The number of hydrogen-bond donors (Lipinski definition) is 1. The first kappa shape index (κ1) is 16.6. The summed E-state index contributed by atoms with van der Waals surface area (Å²) in [6, 6.07) is 0. The minimum absolute atomic E-state index is 0.704. The van der Waals surface area contributed by atoms with Crippen molar-refractivity contribution in [2.24, 2.45) is 0 Å². The molecule has 7 nitrogen and oxygen atoms in total. The number of ether oxygens (including phenoxy) is 6. The number of aliphatic hydroxyl groups is 1. The van der Waals surface area contributed by atoms with Crippen LogP contribution in [0.5, 0.6) is 0 Å². The van der Waals surface area contributed by atoms with Gasteiger partial charge in [-0.3, -0.25) is 0 Å². The lowest BCUT2D eigenvalue weighted by molar-refractivity contribution is -0.475. The average Bonchev–Trinajstić information content (AvgIpc) is 2.50. The van der Waals surface area contributed by atoms with Crippen molar-refractivity contribution in [1.29, 1.82) is 0 Å². The molecular weight excluding hydrogens is 280 g/mol. The first-order valence-corrected chi connectivity index (χ1v) is 6.64. The van der Waals surface area contributed by atoms with Crippen LogP contribution in [0.2, 0.25) is 0 Å². The van der Waals surface area contributed by atoms with Crippen molar-refractivity contribution in [1.82, 2.24) is 0 Å². The van der Waals surface area contributed by atoms with Gasteiger partial charge in [-0.15, -0.1) is 6.42 Å². The summed E-state index contributed by atoms with van der Waals surface area (Å²) < 4.78 is 33.3. The number of terminal acetylenes is 1. The van der Waals surface area contributed by atoms with E-state index in [0.29, 0.717) is 0 Å². The van der Waals surface area contributed by atoms with E-state index in [-0.39, 0.29) is 0 Å². The molecule has 2 heterocycles. The normalized spacial score (nSPS) is 50.2. The predicted octanol–water partition coefficient (Wildman–Crippen LogP) is -0.139. The summed E-state index contributed by atoms with van der Waals surface area (Å²) >= 11 is 0. The standard InChI is InChI=1S/C14H22O7/c1-7-8-10-11(9(15)12(16-4)19-8)21-14(3,18-6)13(2,17-5)20-10/h1,8-12,15H,2-6H3/t8-,9+,10-,11-,12+,13?,14?/m1/s1. The van der Waals surface area contributed by atoms with Crippen molar-refractivity contribution in [3.8, 4) is 12.3 Å². The Morgan fingerprint density at radius 1 is 1.05 bits per heavy atom. The molecule has 0 radical (unpaired) electrons. The molecule has 2 saturated heterocycles. The van der Waals surface area contributed by atoms with Crippen molar-refractivity contribution in [3.05, 3.63) is 0 Å². The summed E-state index contributed by atoms with van der Waals surface area (Å²) in [6.07, 6.45) is 1.31. The molecule has 7 atom stereocenters. The number of fused-ring (bicyclic) bond motifs is 1. The highest BCUT2D eigenvalue weighted by Gasteiger charge is 2.62. The van der Waals surface area contributed by atoms with E-state index in [1.165, 1.54) is 21.3 Å². The Morgan fingerprint density at radius 3 is 2.00 bits per heavy atom. The van der Waals surface area contributed by atoms with E-state index < -0.39 is 42.3 Å². The van der Waals surface area contributed by atoms with Crippen LogP contribution < -0.4 is 0 Å². The highest BCUT2D eigenvalue weighted by molar-refractivity contribution is 5.09. The molecule has 0 aromatic rings. The molecule has 2 aliphatic heterocycles. The molecule has 21 heavy (non-hydrogen) atoms. The fourth-order valence-corrected chi connectivity index (χ4v) is 2.62. The van der Waals surface area contributed by atoms with E-state index in [2.05, 4.69) is 5.92 Å². The van der Waals surface area contributed by atoms with Gasteiger partial charge in [0.05, 0.1) is 0 Å². The van der Waals surface area contributed by atoms with Gasteiger partial charge in [0.2, 0.25) is 11.6 Å². The number of rotatable bonds is 3. The van der Waals surface area contributed by atoms with Crippen LogP contribution in [0.15, 0.2) is 0 Å². The van der Waals surface area contributed by atoms with Crippen molar-refractivity contribution in [3.63, 3.8) is 0 Å². The van der Waals surface area contributed by atoms with Crippen LogP contribution in [0.4, 0.5) is 0 Å². The van der Waals surface area contributed by atoms with E-state index in [4.69, 9.17) is 34.8 Å². The maximum Gasteiger partial charge on any atom is 0.220 e. The third kappa shape index (κ3) is 2.47. The van der Waals surface area contributed by atoms with Crippen molar-refractivity contribution in [2.45, 2.75) is 56.1 Å². The Hall–Kier alpha value is -0.720. The molecule has 0 aromatic heterocycles. The molecule has 0 amide bonds. The predicted molar refractivity (Wildman–Crippen MR) is 71.1 cm³/mol. The topological polar surface area (TPSA) is 75.6 Å². The Kier molecular flexibility index (Phi) is 4.61. The van der Waals surface area contributed by atoms with Gasteiger partial charge < -0.3 is 33.5 Å². The lowest BCUT2D eigenvalue weighted by Gasteiger charge is -2.55. The van der Waals surface area contributed by atoms with Gasteiger partial charge in [-0.05, 0) is 13.8 Å². The van der Waals surface area contributed by atoms with Crippen LogP contribution in [-0.4, -0.2) is 68.7 Å². The third-order valence-corrected chi connectivity index (χ3v) is 4.24. The van der Waals surface area contributed by atoms with E-state index in [1.807, 2.05) is 0 Å². The molecule has 0 saturated carbocycles. The molecule has 2 unspecified atom stereocenters. The molecule has 2 fully saturated rings. The zero-order chi connectivity index (χ0) is 15.8. The van der Waals surface area contributed by atoms with Gasteiger partial charge in [-0.2, -0.15) is 0 Å². The van der Waals surface area contributed by atoms with Crippen molar-refractivity contribution in [2.75, 3.05) is 21.3 Å². The fourth-order valence-electron chi connectivity index (χ4n) is 2.62. The minimum atomic E-state index is -1.22. The second-order valence-corrected chi connectivity index (χ2v) is 5.28. The summed E-state index contributed by atoms with van der Waals surface area (Å²) in [5.41, 5.74) is 0. The van der Waals surface area contributed by atoms with E-state index in [0.717, 1.165) is 0 Å². The van der Waals surface area contributed by atoms with E-state index in [1.54, 1.807) is 13.8 Å². The number of hydrogen-bond acceptors (Lipinski definition) is 7. The van der Waals surface area contributed by atoms with Gasteiger partial charge in [0.25, 0.3) is 0 Å². The summed E-state index contributed by atoms with van der Waals surface area (Å²) in [5, 5.41) is 10.3. The molecule has 0 aliphatic carbocycles. The molecule has 1 N–H and O–H groups in total. The maximum atomic E-state index is 10.3. The Bertz CT molecular complexity index is 422. The molecule has 0 spiro atoms. The van der Waals surface area contributed by atoms with Crippen LogP contribution in [0.25, 0.3) is 0 Å². The average molecular weight is 302 g/mol. The second kappa shape index (κ2) is 5.82. The summed E-state index contributed by atoms with van der Waals surface area (Å²) in [5.74, 6) is 0.0496. The first-order chi connectivity index (χ1) is 9.85. The smallest absolute Gasteiger partial charge is 0.220 e. The van der Waals surface area contributed by atoms with Crippen LogP contribution in [0, 0.1) is 12.3 Å². The first-order valence-electron chi connectivity index (χ1n) is 6.64. The Morgan fingerprint density at radius 2 is 1.57 bits per heavy atom. The highest BCUT2D eigenvalue weighted by atomic mass is 16.8. The molecule has 2 rings (SSSR count). The molecule has 2 aliphatic rings. The monoisotopic (exact) mass is 302 g/mol. The van der Waals surface area contributed by atoms with E-state index in [9.17, 15) is 5.11 Å². The summed E-state index contributed by atoms with van der Waals surface area (Å²) in [7, 11) is 4.36. The highest BCUT2D eigenvalue weighted by Crippen LogP contribution is 2.43. The Labute approximate surface area is 124 Å². The zero-order valence-corrected chi connectivity index (χ0v) is 12.9. The van der Waals surface area contributed by atoms with Crippen LogP contribution in [0.1, 0.15) is 13.8 Å². The van der Waals surface area contributed by atoms with Gasteiger partial charge in [-0.1, -0.05) is 5.92 Å². The van der Waals surface area contributed by atoms with E-state index >= 15 is 0 Å². The molecule has 7 heteroatoms. The van der Waals surface area contributed by atoms with Crippen LogP contribution in [-0.2, 0) is 28.4 Å². The van der Waals surface area contributed by atoms with Crippen molar-refractivity contribution < 1.29 is 33.5 Å². The van der Waals surface area contributed by atoms with Gasteiger partial charge >= 0.3 is 0 Å². The lowest BCUT2D eigenvalue weighted by atomic mass is 9.94. The minimum Gasteiger partial charge on any atom is -0.385 e. The van der Waals surface area contributed by atoms with Gasteiger partial charge in [-0.25, -0.2) is 0 Å². The second-order valence-electron chi connectivity index (χ2n) is 5.28. The molecule has 0 aromatic carbocycles. The van der Waals surface area contributed by atoms with Gasteiger partial charge in [0, 0.05) is 21.3 Å². The SMILES string of the molecule is C#C[C@H]1O[C@H](OC)[C@@H](O)[C@H]2OC(C)(OC)C(C)(OC)O[C@@H]21. The number of aliphatic hydroxyl groups excluding tert-OH is 1. The van der Waals surface area contributed by atoms with Crippen LogP contribution >= 0.6 is 0 Å². The number of methoxy groups -OCH3 is 3. The zero-order valence-electron chi connectivity index (χ0n) is 12.9. The van der Waals surface area contributed by atoms with Gasteiger partial charge in [0.15, 0.2) is 6.29 Å². The Balaban J connectivity index is 2.36. The molecule has 0 bridgehead atoms.